The lowest BCUT2D eigenvalue weighted by molar-refractivity contribution is 0.920. The van der Waals surface area contributed by atoms with Crippen molar-refractivity contribution in [3.05, 3.63) is 0 Å². The van der Waals surface area contributed by atoms with E-state index in [1.165, 1.54) is 0 Å². The first-order valence-corrected chi connectivity index (χ1v) is 7.13. The van der Waals surface area contributed by atoms with Crippen molar-refractivity contribution < 1.29 is 0 Å². The number of hydrogen-bond donors (Lipinski definition) is 0. The second-order valence-corrected chi connectivity index (χ2v) is 10.0. The Morgan fingerprint density at radius 2 is 0.833 bits per heavy atom. The molecule has 0 radical (unpaired) electrons. The molecule has 0 aromatic heterocycles. The van der Waals surface area contributed by atoms with Crippen molar-refractivity contribution in [3.63, 3.8) is 0 Å². The van der Waals surface area contributed by atoms with Gasteiger partial charge in [0.05, 0.1) is 17.0 Å². The van der Waals surface area contributed by atoms with E-state index in [1.54, 1.807) is 0 Å². The molecule has 0 amide bonds. The van der Waals surface area contributed by atoms with E-state index in [0.717, 1.165) is 17.0 Å². The smallest absolute Gasteiger partial charge is 0.0643 e. The van der Waals surface area contributed by atoms with Gasteiger partial charge in [-0.15, -0.1) is 0 Å². The summed E-state index contributed by atoms with van der Waals surface area (Å²) in [6.45, 7) is 16.8. The molecule has 0 rings (SSSR count). The van der Waals surface area contributed by atoms with E-state index in [2.05, 4.69) is 48.2 Å². The van der Waals surface area contributed by atoms with Crippen molar-refractivity contribution in [2.45, 2.75) is 58.5 Å². The van der Waals surface area contributed by atoms with Gasteiger partial charge in [0.25, 0.3) is 0 Å². The Balaban J connectivity index is 0. The maximum atomic E-state index is 2.52. The summed E-state index contributed by atoms with van der Waals surface area (Å²) in [7, 11) is -0.685. The average Bonchev–Trinajstić information content (AvgIpc) is 1.84. The quantitative estimate of drug-likeness (QED) is 0.388. The third kappa shape index (κ3) is 2.92. The first kappa shape index (κ1) is 15.3. The van der Waals surface area contributed by atoms with Crippen LogP contribution >= 0.6 is 7.26 Å². The fraction of sp³-hybridized carbons (Fsp3) is 1.00. The lowest BCUT2D eigenvalue weighted by Crippen LogP contribution is -2.21. The van der Waals surface area contributed by atoms with E-state index in [1.807, 2.05) is 0 Å². The fourth-order valence-corrected chi connectivity index (χ4v) is 5.37. The van der Waals surface area contributed by atoms with Crippen LogP contribution in [0.25, 0.3) is 0 Å². The van der Waals surface area contributed by atoms with Crippen LogP contribution in [-0.4, -0.2) is 23.6 Å². The Bertz CT molecular complexity index is 97.2. The van der Waals surface area contributed by atoms with Crippen molar-refractivity contribution in [1.29, 1.82) is 0 Å². The molecule has 0 aromatic rings. The highest BCUT2D eigenvalue weighted by atomic mass is 32.1. The highest BCUT2D eigenvalue weighted by Crippen LogP contribution is 2.66. The third-order valence-corrected chi connectivity index (χ3v) is 10.0. The molecule has 0 atom stereocenters. The molecular formula is C10H25PS. The minimum atomic E-state index is -0.685. The molecule has 0 fully saturated rings. The van der Waals surface area contributed by atoms with Crippen LogP contribution in [0.3, 0.4) is 0 Å². The molecule has 0 saturated carbocycles. The summed E-state index contributed by atoms with van der Waals surface area (Å²) in [6, 6.07) is 0. The van der Waals surface area contributed by atoms with Crippen molar-refractivity contribution >= 4 is 20.8 Å². The van der Waals surface area contributed by atoms with Crippen LogP contribution in [0.4, 0.5) is 0 Å². The van der Waals surface area contributed by atoms with E-state index in [-0.39, 0.29) is 13.5 Å². The van der Waals surface area contributed by atoms with Gasteiger partial charge in [0, 0.05) is 13.9 Å². The predicted molar refractivity (Wildman–Crippen MR) is 67.0 cm³/mol. The van der Waals surface area contributed by atoms with Crippen LogP contribution in [-0.2, 0) is 13.5 Å². The monoisotopic (exact) mass is 208 g/mol. The Kier molecular flexibility index (Phi) is 6.99. The SMILES string of the molecule is CC(C)[P+](C)(C(C)C)C(C)C.[SH-]. The molecule has 0 aromatic carbocycles. The molecule has 0 bridgehead atoms. The van der Waals surface area contributed by atoms with Gasteiger partial charge in [0.2, 0.25) is 0 Å². The van der Waals surface area contributed by atoms with Crippen LogP contribution in [0.5, 0.6) is 0 Å². The zero-order valence-corrected chi connectivity index (χ0v) is 11.4. The zero-order chi connectivity index (χ0) is 9.23. The van der Waals surface area contributed by atoms with Crippen molar-refractivity contribution in [1.82, 2.24) is 0 Å². The maximum Gasteiger partial charge on any atom is 0.0643 e. The predicted octanol–water partition coefficient (Wildman–Crippen LogP) is 3.59. The standard InChI is InChI=1S/C10H24P.H2S/c1-8(2)11(7,9(3)4)10(5)6;/h8-10H,1-7H3;1H2/q+1;/p-1. The number of hydrogen-bond acceptors (Lipinski definition) is 1. The summed E-state index contributed by atoms with van der Waals surface area (Å²) >= 11 is 0. The van der Waals surface area contributed by atoms with Gasteiger partial charge in [-0.3, -0.25) is 0 Å². The van der Waals surface area contributed by atoms with Crippen LogP contribution in [0.15, 0.2) is 0 Å². The summed E-state index contributed by atoms with van der Waals surface area (Å²) in [5.74, 6) is 0. The minimum Gasteiger partial charge on any atom is -0.813 e. The number of thiol groups is 1. The van der Waals surface area contributed by atoms with Crippen LogP contribution in [0.1, 0.15) is 41.5 Å². The van der Waals surface area contributed by atoms with E-state index in [9.17, 15) is 0 Å². The first-order chi connectivity index (χ1) is 4.83. The van der Waals surface area contributed by atoms with Crippen molar-refractivity contribution in [3.8, 4) is 0 Å². The topological polar surface area (TPSA) is 0 Å². The molecule has 0 nitrogen and oxygen atoms in total. The van der Waals surface area contributed by atoms with Gasteiger partial charge in [-0.25, -0.2) is 0 Å². The highest BCUT2D eigenvalue weighted by molar-refractivity contribution is 7.77. The lowest BCUT2D eigenvalue weighted by Gasteiger charge is -2.34. The van der Waals surface area contributed by atoms with Gasteiger partial charge in [0.15, 0.2) is 0 Å². The molecular weight excluding hydrogens is 183 g/mol. The van der Waals surface area contributed by atoms with Gasteiger partial charge in [0.1, 0.15) is 0 Å². The van der Waals surface area contributed by atoms with Crippen LogP contribution in [0.2, 0.25) is 0 Å². The van der Waals surface area contributed by atoms with Gasteiger partial charge in [-0.2, -0.15) is 0 Å². The van der Waals surface area contributed by atoms with Gasteiger partial charge in [-0.1, -0.05) is 0 Å². The molecule has 0 unspecified atom stereocenters. The molecule has 0 aliphatic rings. The summed E-state index contributed by atoms with van der Waals surface area (Å²) in [5.41, 5.74) is 2.67. The fourth-order valence-electron chi connectivity index (χ4n) is 1.79. The highest BCUT2D eigenvalue weighted by Gasteiger charge is 2.41. The average molecular weight is 208 g/mol. The Morgan fingerprint density at radius 1 is 0.667 bits per heavy atom. The molecule has 0 N–H and O–H groups in total. The summed E-state index contributed by atoms with van der Waals surface area (Å²) < 4.78 is 0. The molecule has 0 heterocycles. The van der Waals surface area contributed by atoms with Crippen LogP contribution < -0.4 is 0 Å². The Hall–Kier alpha value is 0.780. The van der Waals surface area contributed by atoms with E-state index in [4.69, 9.17) is 0 Å². The van der Waals surface area contributed by atoms with Gasteiger partial charge in [-0.05, 0) is 41.5 Å². The van der Waals surface area contributed by atoms with Gasteiger partial charge < -0.3 is 13.5 Å². The van der Waals surface area contributed by atoms with E-state index >= 15 is 0 Å². The largest absolute Gasteiger partial charge is 0.813 e. The zero-order valence-electron chi connectivity index (χ0n) is 9.63. The maximum absolute atomic E-state index is 2.52. The minimum absolute atomic E-state index is 0. The summed E-state index contributed by atoms with van der Waals surface area (Å²) in [4.78, 5) is 0. The Labute approximate surface area is 86.3 Å². The molecule has 12 heavy (non-hydrogen) atoms. The van der Waals surface area contributed by atoms with Crippen molar-refractivity contribution in [2.24, 2.45) is 0 Å². The second-order valence-electron chi connectivity index (χ2n) is 4.50. The second kappa shape index (κ2) is 5.50. The van der Waals surface area contributed by atoms with E-state index in [0.29, 0.717) is 0 Å². The molecule has 0 spiro atoms. The molecule has 76 valence electrons. The third-order valence-electron chi connectivity index (χ3n) is 3.34. The summed E-state index contributed by atoms with van der Waals surface area (Å²) in [6.07, 6.45) is 0. The lowest BCUT2D eigenvalue weighted by atomic mass is 10.5. The summed E-state index contributed by atoms with van der Waals surface area (Å²) in [5, 5.41) is 0. The molecule has 2 heteroatoms. The van der Waals surface area contributed by atoms with Gasteiger partial charge >= 0.3 is 0 Å². The Morgan fingerprint density at radius 3 is 0.833 bits per heavy atom. The normalized spacial score (nSPS) is 12.5. The van der Waals surface area contributed by atoms with E-state index < -0.39 is 7.26 Å². The molecule has 0 saturated heterocycles. The van der Waals surface area contributed by atoms with Crippen LogP contribution in [0, 0.1) is 0 Å². The van der Waals surface area contributed by atoms with Crippen molar-refractivity contribution in [2.75, 3.05) is 6.66 Å². The molecule has 0 aliphatic heterocycles. The first-order valence-electron chi connectivity index (χ1n) is 4.69. The number of rotatable bonds is 3. The molecule has 0 aliphatic carbocycles.